The van der Waals surface area contributed by atoms with E-state index in [4.69, 9.17) is 19.4 Å². The van der Waals surface area contributed by atoms with E-state index in [1.165, 1.54) is 12.8 Å². The van der Waals surface area contributed by atoms with Gasteiger partial charge < -0.3 is 19.5 Å². The van der Waals surface area contributed by atoms with E-state index < -0.39 is 0 Å². The first-order valence-corrected chi connectivity index (χ1v) is 10.5. The summed E-state index contributed by atoms with van der Waals surface area (Å²) in [6.45, 7) is 10.5. The van der Waals surface area contributed by atoms with Crippen molar-refractivity contribution in [1.29, 1.82) is 0 Å². The number of benzene rings is 1. The Kier molecular flexibility index (Phi) is 6.96. The number of hydrogen-bond donors (Lipinski definition) is 1. The van der Waals surface area contributed by atoms with Crippen molar-refractivity contribution < 1.29 is 14.6 Å². The third-order valence-electron chi connectivity index (χ3n) is 5.22. The second-order valence-electron chi connectivity index (χ2n) is 7.91. The van der Waals surface area contributed by atoms with Crippen LogP contribution in [0.15, 0.2) is 12.1 Å². The Bertz CT molecular complexity index is 850. The Morgan fingerprint density at radius 1 is 1.17 bits per heavy atom. The molecule has 0 atom stereocenters. The largest absolute Gasteiger partial charge is 0.490 e. The summed E-state index contributed by atoms with van der Waals surface area (Å²) in [5.41, 5.74) is 4.89. The van der Waals surface area contributed by atoms with Crippen LogP contribution in [-0.4, -0.2) is 48.5 Å². The zero-order valence-electron chi connectivity index (χ0n) is 18.3. The van der Waals surface area contributed by atoms with Crippen LogP contribution in [0.3, 0.4) is 0 Å². The first-order chi connectivity index (χ1) is 14.0. The van der Waals surface area contributed by atoms with Crippen LogP contribution in [-0.2, 0) is 0 Å². The lowest BCUT2D eigenvalue weighted by Crippen LogP contribution is -2.28. The Hall–Kier alpha value is -2.34. The summed E-state index contributed by atoms with van der Waals surface area (Å²) >= 11 is 0. The van der Waals surface area contributed by atoms with Gasteiger partial charge in [0.2, 0.25) is 5.88 Å². The number of aliphatic hydroxyl groups excluding tert-OH is 1. The Balaban J connectivity index is 2.07. The second kappa shape index (κ2) is 9.44. The van der Waals surface area contributed by atoms with Crippen LogP contribution >= 0.6 is 0 Å². The molecule has 1 aromatic heterocycles. The van der Waals surface area contributed by atoms with Crippen LogP contribution < -0.4 is 14.4 Å². The molecule has 29 heavy (non-hydrogen) atoms. The lowest BCUT2D eigenvalue weighted by atomic mass is 10.0. The molecule has 1 heterocycles. The van der Waals surface area contributed by atoms with Crippen molar-refractivity contribution in [2.45, 2.75) is 47.0 Å². The summed E-state index contributed by atoms with van der Waals surface area (Å²) in [6, 6.07) is 4.06. The zero-order valence-corrected chi connectivity index (χ0v) is 18.3. The summed E-state index contributed by atoms with van der Waals surface area (Å²) in [6.07, 6.45) is 3.66. The number of nitrogens with zero attached hydrogens (tertiary/aromatic N) is 3. The SMILES string of the molecule is CCCN(CC1CC1)c1c(C)nc(-c2c(C)cc(C)cc2OCCO)nc1OC. The van der Waals surface area contributed by atoms with Crippen LogP contribution in [0.2, 0.25) is 0 Å². The van der Waals surface area contributed by atoms with Crippen molar-refractivity contribution in [2.75, 3.05) is 38.3 Å². The number of aromatic nitrogens is 2. The van der Waals surface area contributed by atoms with E-state index >= 15 is 0 Å². The molecule has 158 valence electrons. The number of hydrogen-bond acceptors (Lipinski definition) is 6. The molecule has 1 aliphatic carbocycles. The second-order valence-corrected chi connectivity index (χ2v) is 7.91. The summed E-state index contributed by atoms with van der Waals surface area (Å²) in [4.78, 5) is 12.0. The highest BCUT2D eigenvalue weighted by Gasteiger charge is 2.28. The van der Waals surface area contributed by atoms with Gasteiger partial charge in [0, 0.05) is 13.1 Å². The molecule has 3 rings (SSSR count). The van der Waals surface area contributed by atoms with E-state index in [2.05, 4.69) is 17.9 Å². The van der Waals surface area contributed by atoms with E-state index in [1.54, 1.807) is 7.11 Å². The lowest BCUT2D eigenvalue weighted by molar-refractivity contribution is 0.201. The summed E-state index contributed by atoms with van der Waals surface area (Å²) < 4.78 is 11.5. The number of aryl methyl sites for hydroxylation is 3. The average molecular weight is 400 g/mol. The topological polar surface area (TPSA) is 67.7 Å². The summed E-state index contributed by atoms with van der Waals surface area (Å²) in [7, 11) is 1.67. The number of methoxy groups -OCH3 is 1. The van der Waals surface area contributed by atoms with Gasteiger partial charge in [0.1, 0.15) is 18.0 Å². The van der Waals surface area contributed by atoms with Crippen molar-refractivity contribution in [2.24, 2.45) is 5.92 Å². The van der Waals surface area contributed by atoms with Crippen molar-refractivity contribution in [3.05, 3.63) is 29.0 Å². The fourth-order valence-electron chi connectivity index (χ4n) is 3.82. The third kappa shape index (κ3) is 4.99. The fraction of sp³-hybridized carbons (Fsp3) is 0.565. The first kappa shape index (κ1) is 21.4. The molecule has 0 spiro atoms. The molecule has 0 radical (unpaired) electrons. The van der Waals surface area contributed by atoms with Crippen LogP contribution in [0.5, 0.6) is 11.6 Å². The molecule has 1 N–H and O–H groups in total. The summed E-state index contributed by atoms with van der Waals surface area (Å²) in [5, 5.41) is 9.20. The highest BCUT2D eigenvalue weighted by molar-refractivity contribution is 5.72. The van der Waals surface area contributed by atoms with Gasteiger partial charge in [0.05, 0.1) is 25.0 Å². The molecule has 0 saturated heterocycles. The predicted molar refractivity (Wildman–Crippen MR) is 116 cm³/mol. The molecule has 0 unspecified atom stereocenters. The quantitative estimate of drug-likeness (QED) is 0.649. The number of anilines is 1. The monoisotopic (exact) mass is 399 g/mol. The van der Waals surface area contributed by atoms with Gasteiger partial charge in [-0.15, -0.1) is 0 Å². The molecule has 1 aromatic carbocycles. The zero-order chi connectivity index (χ0) is 21.0. The number of ether oxygens (including phenoxy) is 2. The van der Waals surface area contributed by atoms with Crippen LogP contribution in [0.1, 0.15) is 43.0 Å². The molecule has 2 aromatic rings. The minimum absolute atomic E-state index is 0.0400. The van der Waals surface area contributed by atoms with E-state index in [0.29, 0.717) is 17.5 Å². The summed E-state index contributed by atoms with van der Waals surface area (Å²) in [5.74, 6) is 2.66. The lowest BCUT2D eigenvalue weighted by Gasteiger charge is -2.27. The molecule has 0 amide bonds. The molecule has 0 bridgehead atoms. The predicted octanol–water partition coefficient (Wildman–Crippen LogP) is 4.07. The van der Waals surface area contributed by atoms with Gasteiger partial charge in [-0.3, -0.25) is 0 Å². The maximum atomic E-state index is 9.20. The molecule has 1 fully saturated rings. The van der Waals surface area contributed by atoms with Crippen molar-refractivity contribution in [3.8, 4) is 23.0 Å². The van der Waals surface area contributed by atoms with E-state index in [0.717, 1.165) is 53.5 Å². The van der Waals surface area contributed by atoms with Gasteiger partial charge in [-0.05, 0) is 63.1 Å². The normalized spacial score (nSPS) is 13.4. The molecule has 6 nitrogen and oxygen atoms in total. The minimum atomic E-state index is -0.0400. The standard InChI is InChI=1S/C23H33N3O3/c1-6-9-26(14-18-7-8-18)21-17(4)24-22(25-23(21)28-5)20-16(3)12-15(2)13-19(20)29-11-10-27/h12-13,18,27H,6-11,14H2,1-5H3. The number of aliphatic hydroxyl groups is 1. The molecular weight excluding hydrogens is 366 g/mol. The number of rotatable bonds is 10. The Labute approximate surface area is 173 Å². The fourth-order valence-corrected chi connectivity index (χ4v) is 3.82. The van der Waals surface area contributed by atoms with E-state index in [9.17, 15) is 5.11 Å². The Morgan fingerprint density at radius 3 is 2.55 bits per heavy atom. The van der Waals surface area contributed by atoms with Gasteiger partial charge in [-0.25, -0.2) is 4.98 Å². The molecule has 1 aliphatic rings. The van der Waals surface area contributed by atoms with Gasteiger partial charge >= 0.3 is 0 Å². The van der Waals surface area contributed by atoms with Crippen LogP contribution in [0.25, 0.3) is 11.4 Å². The maximum absolute atomic E-state index is 9.20. The van der Waals surface area contributed by atoms with Gasteiger partial charge in [-0.2, -0.15) is 4.98 Å². The van der Waals surface area contributed by atoms with Gasteiger partial charge in [0.25, 0.3) is 0 Å². The minimum Gasteiger partial charge on any atom is -0.490 e. The average Bonchev–Trinajstić information content (AvgIpc) is 3.49. The maximum Gasteiger partial charge on any atom is 0.241 e. The molecule has 0 aliphatic heterocycles. The first-order valence-electron chi connectivity index (χ1n) is 10.5. The smallest absolute Gasteiger partial charge is 0.241 e. The van der Waals surface area contributed by atoms with Gasteiger partial charge in [-0.1, -0.05) is 13.0 Å². The molecular formula is C23H33N3O3. The van der Waals surface area contributed by atoms with Crippen LogP contribution in [0, 0.1) is 26.7 Å². The highest BCUT2D eigenvalue weighted by atomic mass is 16.5. The van der Waals surface area contributed by atoms with Gasteiger partial charge in [0.15, 0.2) is 5.82 Å². The molecule has 1 saturated carbocycles. The highest BCUT2D eigenvalue weighted by Crippen LogP contribution is 2.39. The van der Waals surface area contributed by atoms with Crippen molar-refractivity contribution in [1.82, 2.24) is 9.97 Å². The third-order valence-corrected chi connectivity index (χ3v) is 5.22. The van der Waals surface area contributed by atoms with E-state index in [-0.39, 0.29) is 13.2 Å². The van der Waals surface area contributed by atoms with Crippen molar-refractivity contribution in [3.63, 3.8) is 0 Å². The van der Waals surface area contributed by atoms with E-state index in [1.807, 2.05) is 26.8 Å². The van der Waals surface area contributed by atoms with Crippen LogP contribution in [0.4, 0.5) is 5.69 Å². The molecule has 6 heteroatoms. The Morgan fingerprint density at radius 2 is 1.93 bits per heavy atom. The van der Waals surface area contributed by atoms with Crippen molar-refractivity contribution >= 4 is 5.69 Å².